The highest BCUT2D eigenvalue weighted by Crippen LogP contribution is 2.51. The molecule has 5 aromatic rings. The Hall–Kier alpha value is -5.54. The molecule has 2 aliphatic heterocycles. The van der Waals surface area contributed by atoms with Gasteiger partial charge in [-0.2, -0.15) is 0 Å². The van der Waals surface area contributed by atoms with E-state index in [1.54, 1.807) is 23.1 Å². The van der Waals surface area contributed by atoms with E-state index in [9.17, 15) is 14.4 Å². The summed E-state index contributed by atoms with van der Waals surface area (Å²) in [5.74, 6) is 0.000569. The van der Waals surface area contributed by atoms with Crippen molar-refractivity contribution in [1.29, 1.82) is 0 Å². The zero-order valence-corrected chi connectivity index (χ0v) is 29.0. The Morgan fingerprint density at radius 3 is 1.84 bits per heavy atom. The fraction of sp³-hybridized carbons (Fsp3) is 0.214. The molecule has 0 spiro atoms. The maximum atomic E-state index is 14.1. The van der Waals surface area contributed by atoms with Crippen LogP contribution in [-0.4, -0.2) is 45.4 Å². The summed E-state index contributed by atoms with van der Waals surface area (Å²) in [4.78, 5) is 42.3. The zero-order valence-electron chi connectivity index (χ0n) is 28.1. The van der Waals surface area contributed by atoms with Gasteiger partial charge in [-0.05, 0) is 47.4 Å². The van der Waals surface area contributed by atoms with Crippen molar-refractivity contribution < 1.29 is 28.6 Å². The number of amides is 2. The largest absolute Gasteiger partial charge is 0.485 e. The van der Waals surface area contributed by atoms with Crippen LogP contribution in [0.2, 0.25) is 0 Å². The number of fused-ring (bicyclic) bond motifs is 1. The van der Waals surface area contributed by atoms with E-state index in [0.29, 0.717) is 36.7 Å². The number of esters is 1. The minimum atomic E-state index is -0.887. The second kappa shape index (κ2) is 15.1. The second-order valence-electron chi connectivity index (χ2n) is 12.8. The summed E-state index contributed by atoms with van der Waals surface area (Å²) < 4.78 is 17.7. The number of nitrogens with zero attached hydrogens (tertiary/aromatic N) is 1. The van der Waals surface area contributed by atoms with Gasteiger partial charge in [0.05, 0.1) is 16.5 Å². The third kappa shape index (κ3) is 7.64. The summed E-state index contributed by atoms with van der Waals surface area (Å²) in [6, 6.07) is 42.9. The van der Waals surface area contributed by atoms with Gasteiger partial charge in [-0.1, -0.05) is 121 Å². The lowest BCUT2D eigenvalue weighted by Crippen LogP contribution is -2.59. The number of ether oxygens (including phenoxy) is 3. The van der Waals surface area contributed by atoms with Crippen molar-refractivity contribution >= 4 is 29.5 Å². The van der Waals surface area contributed by atoms with E-state index in [4.69, 9.17) is 14.2 Å². The quantitative estimate of drug-likeness (QED) is 0.102. The van der Waals surface area contributed by atoms with Crippen molar-refractivity contribution in [3.8, 4) is 11.5 Å². The number of hydrogen-bond acceptors (Lipinski definition) is 7. The van der Waals surface area contributed by atoms with E-state index in [1.807, 2.05) is 128 Å². The van der Waals surface area contributed by atoms with Gasteiger partial charge in [0.25, 0.3) is 5.91 Å². The molecule has 0 unspecified atom stereocenters. The molecule has 2 fully saturated rings. The molecule has 1 N–H and O–H groups in total. The number of rotatable bonds is 13. The van der Waals surface area contributed by atoms with Gasteiger partial charge in [0.2, 0.25) is 5.91 Å². The Morgan fingerprint density at radius 2 is 1.29 bits per heavy atom. The third-order valence-corrected chi connectivity index (χ3v) is 10.7. The molecule has 7 rings (SSSR count). The van der Waals surface area contributed by atoms with E-state index >= 15 is 0 Å². The maximum absolute atomic E-state index is 14.1. The van der Waals surface area contributed by atoms with Gasteiger partial charge in [0.15, 0.2) is 17.6 Å². The summed E-state index contributed by atoms with van der Waals surface area (Å²) in [7, 11) is 0. The molecule has 9 heteroatoms. The first-order valence-corrected chi connectivity index (χ1v) is 17.8. The minimum absolute atomic E-state index is 0.105. The smallest absolute Gasteiger partial charge is 0.331 e. The lowest BCUT2D eigenvalue weighted by Gasteiger charge is -2.38. The van der Waals surface area contributed by atoms with Crippen LogP contribution in [0.25, 0.3) is 0 Å². The van der Waals surface area contributed by atoms with Crippen molar-refractivity contribution in [2.24, 2.45) is 0 Å². The summed E-state index contributed by atoms with van der Waals surface area (Å²) in [6.45, 7) is 2.67. The van der Waals surface area contributed by atoms with Gasteiger partial charge in [0, 0.05) is 12.1 Å². The molecular formula is C42H38N2O6S. The van der Waals surface area contributed by atoms with Crippen molar-refractivity contribution in [3.05, 3.63) is 167 Å². The van der Waals surface area contributed by atoms with Crippen molar-refractivity contribution in [2.45, 2.75) is 48.8 Å². The molecule has 0 aromatic heterocycles. The van der Waals surface area contributed by atoms with E-state index in [0.717, 1.165) is 22.3 Å². The summed E-state index contributed by atoms with van der Waals surface area (Å²) in [5.41, 5.74) is 4.01. The molecule has 0 radical (unpaired) electrons. The lowest BCUT2D eigenvalue weighted by atomic mass is 9.95. The lowest BCUT2D eigenvalue weighted by molar-refractivity contribution is -0.164. The predicted molar refractivity (Wildman–Crippen MR) is 196 cm³/mol. The molecule has 3 atom stereocenters. The van der Waals surface area contributed by atoms with Crippen LogP contribution in [0.15, 0.2) is 140 Å². The summed E-state index contributed by atoms with van der Waals surface area (Å²) in [6.07, 6.45) is -0.318. The van der Waals surface area contributed by atoms with Crippen LogP contribution in [0, 0.1) is 0 Å². The first-order valence-electron chi connectivity index (χ1n) is 16.9. The Labute approximate surface area is 301 Å². The molecule has 0 bridgehead atoms. The number of carbonyl (C=O) groups is 3. The van der Waals surface area contributed by atoms with Crippen molar-refractivity contribution in [2.75, 3.05) is 6.54 Å². The van der Waals surface area contributed by atoms with Gasteiger partial charge in [-0.15, -0.1) is 11.8 Å². The Kier molecular flexibility index (Phi) is 10.1. The number of thioether (sulfide) groups is 1. The zero-order chi connectivity index (χ0) is 35.2. The number of β-lactam (4-membered cyclic amide) rings is 1. The normalized spacial score (nSPS) is 19.2. The number of benzene rings is 5. The van der Waals surface area contributed by atoms with E-state index in [1.165, 1.54) is 11.8 Å². The van der Waals surface area contributed by atoms with Crippen LogP contribution >= 0.6 is 11.8 Å². The number of carbonyl (C=O) groups excluding carboxylic acids is 3. The topological polar surface area (TPSA) is 94.2 Å². The molecule has 0 aliphatic carbocycles. The summed E-state index contributed by atoms with van der Waals surface area (Å²) in [5, 5.41) is 2.88. The first-order chi connectivity index (χ1) is 24.9. The monoisotopic (exact) mass is 698 g/mol. The van der Waals surface area contributed by atoms with E-state index in [-0.39, 0.29) is 23.7 Å². The van der Waals surface area contributed by atoms with Gasteiger partial charge in [-0.25, -0.2) is 4.79 Å². The highest BCUT2D eigenvalue weighted by atomic mass is 32.2. The second-order valence-corrected chi connectivity index (χ2v) is 14.5. The van der Waals surface area contributed by atoms with E-state index in [2.05, 4.69) is 5.32 Å². The molecule has 0 saturated carbocycles. The molecule has 2 heterocycles. The van der Waals surface area contributed by atoms with Crippen LogP contribution in [-0.2, 0) is 27.5 Å². The maximum Gasteiger partial charge on any atom is 0.331 e. The highest BCUT2D eigenvalue weighted by molar-refractivity contribution is 8.01. The van der Waals surface area contributed by atoms with Gasteiger partial charge in [-0.3, -0.25) is 9.59 Å². The Morgan fingerprint density at radius 1 is 0.765 bits per heavy atom. The molecule has 2 amide bonds. The average molecular weight is 699 g/mol. The average Bonchev–Trinajstić information content (AvgIpc) is 3.42. The molecular weight excluding hydrogens is 661 g/mol. The number of nitrogens with one attached hydrogen (secondary N) is 1. The van der Waals surface area contributed by atoms with Gasteiger partial charge < -0.3 is 24.4 Å². The van der Waals surface area contributed by atoms with Crippen LogP contribution in [0.4, 0.5) is 0 Å². The van der Waals surface area contributed by atoms with Crippen LogP contribution in [0.1, 0.15) is 52.1 Å². The van der Waals surface area contributed by atoms with Crippen LogP contribution < -0.4 is 14.8 Å². The Balaban J connectivity index is 1.09. The molecule has 51 heavy (non-hydrogen) atoms. The molecule has 8 nitrogen and oxygen atoms in total. The van der Waals surface area contributed by atoms with Crippen molar-refractivity contribution in [1.82, 2.24) is 10.2 Å². The SMILES string of the molecule is C[C@@]1(CNC(=O)c2ccc(OCc3ccccc3)c(OCc3ccccc3)c2)S[C@@H]2CC(=O)N2[C@H]1C(=O)OC(c1ccccc1)c1ccccc1. The van der Waals surface area contributed by atoms with Crippen molar-refractivity contribution in [3.63, 3.8) is 0 Å². The Bertz CT molecular complexity index is 1940. The number of hydrogen-bond donors (Lipinski definition) is 1. The van der Waals surface area contributed by atoms with E-state index < -0.39 is 22.9 Å². The first kappa shape index (κ1) is 33.9. The van der Waals surface area contributed by atoms with Crippen LogP contribution in [0.5, 0.6) is 11.5 Å². The van der Waals surface area contributed by atoms with Gasteiger partial charge >= 0.3 is 5.97 Å². The third-order valence-electron chi connectivity index (χ3n) is 9.15. The molecule has 2 saturated heterocycles. The fourth-order valence-electron chi connectivity index (χ4n) is 6.46. The molecule has 5 aromatic carbocycles. The minimum Gasteiger partial charge on any atom is -0.485 e. The summed E-state index contributed by atoms with van der Waals surface area (Å²) >= 11 is 1.52. The highest BCUT2D eigenvalue weighted by Gasteiger charge is 2.61. The molecule has 258 valence electrons. The van der Waals surface area contributed by atoms with Crippen LogP contribution in [0.3, 0.4) is 0 Å². The van der Waals surface area contributed by atoms with Gasteiger partial charge in [0.1, 0.15) is 19.3 Å². The predicted octanol–water partition coefficient (Wildman–Crippen LogP) is 7.34. The standard InChI is InChI=1S/C42H38N2O6S/c1-42(39(44-36(45)25-37(44)51-42)41(47)50-38(31-18-10-4-11-19-31)32-20-12-5-13-21-32)28-43-40(46)33-22-23-34(48-26-29-14-6-2-7-15-29)35(24-33)49-27-30-16-8-3-9-17-30/h2-24,37-39H,25-28H2,1H3,(H,43,46)/t37-,39+,42+/m1/s1. The fourth-order valence-corrected chi connectivity index (χ4v) is 8.15. The molecule has 2 aliphatic rings.